The molecule has 3 aromatic rings. The third-order valence-electron chi connectivity index (χ3n) is 4.45. The molecule has 5 nitrogen and oxygen atoms in total. The number of para-hydroxylation sites is 1. The van der Waals surface area contributed by atoms with Crippen molar-refractivity contribution >= 4 is 17.7 Å². The fourth-order valence-electron chi connectivity index (χ4n) is 3.01. The highest BCUT2D eigenvalue weighted by molar-refractivity contribution is 6.02. The van der Waals surface area contributed by atoms with E-state index in [-0.39, 0.29) is 17.0 Å². The molecule has 1 amide bonds. The van der Waals surface area contributed by atoms with Crippen molar-refractivity contribution in [2.75, 3.05) is 5.32 Å². The lowest BCUT2D eigenvalue weighted by atomic mass is 9.86. The van der Waals surface area contributed by atoms with Crippen LogP contribution >= 0.6 is 0 Å². The van der Waals surface area contributed by atoms with Crippen LogP contribution in [-0.4, -0.2) is 17.3 Å². The summed E-state index contributed by atoms with van der Waals surface area (Å²) < 4.78 is 47.1. The maximum absolute atomic E-state index is 12.4. The standard InChI is InChI=1S/C25H23F3N2O3/c1-24(2,3)19-10-4-5-12-21(19)32-23-20(11-7-15-29-23)30-22(31)14-13-17-8-6-9-18(16-17)33-25(26,27)28/h4-16H,1-3H3,(H,30,31). The lowest BCUT2D eigenvalue weighted by Gasteiger charge is -2.22. The molecule has 1 aromatic heterocycles. The summed E-state index contributed by atoms with van der Waals surface area (Å²) in [6, 6.07) is 16.2. The summed E-state index contributed by atoms with van der Waals surface area (Å²) in [5.74, 6) is -0.0302. The van der Waals surface area contributed by atoms with Gasteiger partial charge in [0.25, 0.3) is 0 Å². The van der Waals surface area contributed by atoms with Gasteiger partial charge in [0.2, 0.25) is 11.8 Å². The first-order chi connectivity index (χ1) is 15.5. The quantitative estimate of drug-likeness (QED) is 0.418. The van der Waals surface area contributed by atoms with E-state index in [4.69, 9.17) is 4.74 Å². The van der Waals surface area contributed by atoms with Crippen LogP contribution in [0.4, 0.5) is 18.9 Å². The molecule has 1 heterocycles. The summed E-state index contributed by atoms with van der Waals surface area (Å²) in [6.07, 6.45) is -0.661. The summed E-state index contributed by atoms with van der Waals surface area (Å²) in [4.78, 5) is 16.7. The molecular formula is C25H23F3N2O3. The van der Waals surface area contributed by atoms with Gasteiger partial charge in [-0.3, -0.25) is 4.79 Å². The van der Waals surface area contributed by atoms with Gasteiger partial charge >= 0.3 is 6.36 Å². The monoisotopic (exact) mass is 456 g/mol. The average Bonchev–Trinajstić information content (AvgIpc) is 2.72. The van der Waals surface area contributed by atoms with Gasteiger partial charge in [0.1, 0.15) is 17.2 Å². The van der Waals surface area contributed by atoms with E-state index in [2.05, 4.69) is 35.8 Å². The van der Waals surface area contributed by atoms with E-state index in [1.165, 1.54) is 30.4 Å². The Balaban J connectivity index is 1.74. The normalized spacial score (nSPS) is 11.9. The number of carbonyl (C=O) groups is 1. The molecule has 0 aliphatic rings. The van der Waals surface area contributed by atoms with Gasteiger partial charge in [-0.15, -0.1) is 13.2 Å². The van der Waals surface area contributed by atoms with E-state index in [9.17, 15) is 18.0 Å². The highest BCUT2D eigenvalue weighted by Gasteiger charge is 2.31. The molecule has 172 valence electrons. The molecule has 0 bridgehead atoms. The Kier molecular flexibility index (Phi) is 7.06. The van der Waals surface area contributed by atoms with Gasteiger partial charge in [0.05, 0.1) is 0 Å². The maximum atomic E-state index is 12.4. The number of halogens is 3. The fraction of sp³-hybridized carbons (Fsp3) is 0.200. The van der Waals surface area contributed by atoms with Crippen molar-refractivity contribution in [1.29, 1.82) is 0 Å². The molecule has 0 aliphatic carbocycles. The molecule has 8 heteroatoms. The predicted octanol–water partition coefficient (Wildman–Crippen LogP) is 6.72. The topological polar surface area (TPSA) is 60.5 Å². The van der Waals surface area contributed by atoms with Crippen molar-refractivity contribution < 1.29 is 27.4 Å². The zero-order chi connectivity index (χ0) is 24.1. The number of rotatable bonds is 6. The third-order valence-corrected chi connectivity index (χ3v) is 4.45. The van der Waals surface area contributed by atoms with E-state index < -0.39 is 12.3 Å². The number of amides is 1. The Morgan fingerprint density at radius 1 is 1.00 bits per heavy atom. The molecule has 0 spiro atoms. The molecule has 2 aromatic carbocycles. The van der Waals surface area contributed by atoms with Crippen LogP contribution in [0, 0.1) is 0 Å². The van der Waals surface area contributed by atoms with Crippen molar-refractivity contribution in [3.8, 4) is 17.4 Å². The lowest BCUT2D eigenvalue weighted by molar-refractivity contribution is -0.274. The van der Waals surface area contributed by atoms with Crippen LogP contribution in [-0.2, 0) is 10.2 Å². The van der Waals surface area contributed by atoms with Crippen molar-refractivity contribution in [2.24, 2.45) is 0 Å². The number of benzene rings is 2. The van der Waals surface area contributed by atoms with Crippen LogP contribution in [0.3, 0.4) is 0 Å². The molecule has 1 N–H and O–H groups in total. The van der Waals surface area contributed by atoms with Gasteiger partial charge in [0, 0.05) is 17.8 Å². The highest BCUT2D eigenvalue weighted by Crippen LogP contribution is 2.35. The zero-order valence-electron chi connectivity index (χ0n) is 18.3. The number of ether oxygens (including phenoxy) is 2. The molecular weight excluding hydrogens is 433 g/mol. The van der Waals surface area contributed by atoms with E-state index in [1.807, 2.05) is 24.3 Å². The molecule has 0 saturated carbocycles. The van der Waals surface area contributed by atoms with Crippen LogP contribution in [0.15, 0.2) is 72.9 Å². The first-order valence-electron chi connectivity index (χ1n) is 10.1. The Labute approximate surface area is 189 Å². The first-order valence-corrected chi connectivity index (χ1v) is 10.1. The Morgan fingerprint density at radius 2 is 1.76 bits per heavy atom. The molecule has 0 atom stereocenters. The summed E-state index contributed by atoms with van der Waals surface area (Å²) in [5, 5.41) is 2.69. The summed E-state index contributed by atoms with van der Waals surface area (Å²) in [5.41, 5.74) is 1.54. The van der Waals surface area contributed by atoms with Gasteiger partial charge in [0.15, 0.2) is 0 Å². The number of pyridine rings is 1. The minimum Gasteiger partial charge on any atom is -0.437 e. The second-order valence-corrected chi connectivity index (χ2v) is 8.15. The van der Waals surface area contributed by atoms with Crippen molar-refractivity contribution in [3.05, 3.63) is 84.1 Å². The van der Waals surface area contributed by atoms with E-state index in [1.54, 1.807) is 24.4 Å². The van der Waals surface area contributed by atoms with Gasteiger partial charge in [-0.05, 0) is 47.4 Å². The van der Waals surface area contributed by atoms with E-state index >= 15 is 0 Å². The lowest BCUT2D eigenvalue weighted by Crippen LogP contribution is -2.17. The zero-order valence-corrected chi connectivity index (χ0v) is 18.3. The van der Waals surface area contributed by atoms with Gasteiger partial charge in [-0.2, -0.15) is 0 Å². The van der Waals surface area contributed by atoms with E-state index in [0.717, 1.165) is 5.56 Å². The number of alkyl halides is 3. The predicted molar refractivity (Wildman–Crippen MR) is 120 cm³/mol. The summed E-state index contributed by atoms with van der Waals surface area (Å²) in [6.45, 7) is 6.20. The molecule has 3 rings (SSSR count). The van der Waals surface area contributed by atoms with Crippen molar-refractivity contribution in [1.82, 2.24) is 4.98 Å². The van der Waals surface area contributed by atoms with Crippen LogP contribution in [0.2, 0.25) is 0 Å². The molecule has 33 heavy (non-hydrogen) atoms. The van der Waals surface area contributed by atoms with Crippen LogP contribution in [0.1, 0.15) is 31.9 Å². The Hall–Kier alpha value is -3.81. The van der Waals surface area contributed by atoms with Crippen LogP contribution in [0.25, 0.3) is 6.08 Å². The Bertz CT molecular complexity index is 1150. The van der Waals surface area contributed by atoms with Crippen LogP contribution in [0.5, 0.6) is 17.4 Å². The largest absolute Gasteiger partial charge is 0.573 e. The molecule has 0 fully saturated rings. The number of aromatic nitrogens is 1. The summed E-state index contributed by atoms with van der Waals surface area (Å²) >= 11 is 0. The number of carbonyl (C=O) groups excluding carboxylic acids is 1. The number of nitrogens with one attached hydrogen (secondary N) is 1. The molecule has 0 radical (unpaired) electrons. The maximum Gasteiger partial charge on any atom is 0.573 e. The van der Waals surface area contributed by atoms with Gasteiger partial charge < -0.3 is 14.8 Å². The number of hydrogen-bond donors (Lipinski definition) is 1. The van der Waals surface area contributed by atoms with Gasteiger partial charge in [-0.1, -0.05) is 51.1 Å². The highest BCUT2D eigenvalue weighted by atomic mass is 19.4. The SMILES string of the molecule is CC(C)(C)c1ccccc1Oc1ncccc1NC(=O)C=Cc1cccc(OC(F)(F)F)c1. The molecule has 0 unspecified atom stereocenters. The minimum absolute atomic E-state index is 0.165. The Morgan fingerprint density at radius 3 is 2.48 bits per heavy atom. The first kappa shape index (κ1) is 23.8. The molecule has 0 aliphatic heterocycles. The van der Waals surface area contributed by atoms with E-state index in [0.29, 0.717) is 17.0 Å². The number of hydrogen-bond acceptors (Lipinski definition) is 4. The fourth-order valence-corrected chi connectivity index (χ4v) is 3.01. The van der Waals surface area contributed by atoms with Crippen LogP contribution < -0.4 is 14.8 Å². The second-order valence-electron chi connectivity index (χ2n) is 8.15. The van der Waals surface area contributed by atoms with Gasteiger partial charge in [-0.25, -0.2) is 4.98 Å². The smallest absolute Gasteiger partial charge is 0.437 e. The van der Waals surface area contributed by atoms with Crippen molar-refractivity contribution in [3.63, 3.8) is 0 Å². The number of anilines is 1. The third kappa shape index (κ3) is 7.10. The second kappa shape index (κ2) is 9.77. The average molecular weight is 456 g/mol. The minimum atomic E-state index is -4.79. The summed E-state index contributed by atoms with van der Waals surface area (Å²) in [7, 11) is 0. The number of nitrogens with zero attached hydrogens (tertiary/aromatic N) is 1. The molecule has 0 saturated heterocycles. The van der Waals surface area contributed by atoms with Crippen molar-refractivity contribution in [2.45, 2.75) is 32.5 Å².